The Morgan fingerprint density at radius 2 is 1.74 bits per heavy atom. The molecule has 2 rings (SSSR count). The highest BCUT2D eigenvalue weighted by atomic mass is 16.2. The van der Waals surface area contributed by atoms with Crippen molar-refractivity contribution in [1.82, 2.24) is 10.2 Å². The molecule has 0 radical (unpaired) electrons. The van der Waals surface area contributed by atoms with Crippen LogP contribution in [0.5, 0.6) is 0 Å². The minimum atomic E-state index is -0.0555. The number of nitrogens with one attached hydrogen (secondary N) is 1. The zero-order chi connectivity index (χ0) is 13.8. The number of aryl methyl sites for hydroxylation is 1. The van der Waals surface area contributed by atoms with Gasteiger partial charge in [-0.2, -0.15) is 0 Å². The molecule has 1 aromatic carbocycles. The van der Waals surface area contributed by atoms with Crippen LogP contribution in [0.25, 0.3) is 0 Å². The topological polar surface area (TPSA) is 49.4 Å². The maximum atomic E-state index is 11.7. The first-order valence-electron chi connectivity index (χ1n) is 6.75. The van der Waals surface area contributed by atoms with Crippen molar-refractivity contribution in [2.45, 2.75) is 32.7 Å². The van der Waals surface area contributed by atoms with Crippen LogP contribution in [0, 0.1) is 6.92 Å². The average molecular weight is 260 g/mol. The molecule has 0 aromatic heterocycles. The molecule has 102 valence electrons. The van der Waals surface area contributed by atoms with Gasteiger partial charge in [0.1, 0.15) is 0 Å². The van der Waals surface area contributed by atoms with Gasteiger partial charge in [0.25, 0.3) is 0 Å². The molecule has 2 amide bonds. The van der Waals surface area contributed by atoms with Crippen LogP contribution in [0.15, 0.2) is 24.3 Å². The van der Waals surface area contributed by atoms with E-state index in [2.05, 4.69) is 5.32 Å². The van der Waals surface area contributed by atoms with Crippen LogP contribution >= 0.6 is 0 Å². The third-order valence-electron chi connectivity index (χ3n) is 3.45. The third-order valence-corrected chi connectivity index (χ3v) is 3.45. The molecule has 1 aliphatic heterocycles. The van der Waals surface area contributed by atoms with Crippen LogP contribution in [0.3, 0.4) is 0 Å². The van der Waals surface area contributed by atoms with Crippen molar-refractivity contribution < 1.29 is 9.59 Å². The summed E-state index contributed by atoms with van der Waals surface area (Å²) in [6.07, 6.45) is 0.706. The molecule has 1 N–H and O–H groups in total. The lowest BCUT2D eigenvalue weighted by atomic mass is 10.0. The molecule has 1 saturated heterocycles. The zero-order valence-electron chi connectivity index (χ0n) is 11.5. The van der Waals surface area contributed by atoms with Gasteiger partial charge in [0, 0.05) is 19.4 Å². The summed E-state index contributed by atoms with van der Waals surface area (Å²) in [6.45, 7) is 5.29. The maximum Gasteiger partial charge on any atom is 0.229 e. The van der Waals surface area contributed by atoms with Gasteiger partial charge in [0.15, 0.2) is 0 Å². The van der Waals surface area contributed by atoms with E-state index in [-0.39, 0.29) is 17.9 Å². The molecule has 19 heavy (non-hydrogen) atoms. The summed E-state index contributed by atoms with van der Waals surface area (Å²) in [4.78, 5) is 24.8. The molecule has 0 bridgehead atoms. The molecular formula is C15H20N2O2. The van der Waals surface area contributed by atoms with Crippen LogP contribution in [0.4, 0.5) is 0 Å². The Balaban J connectivity index is 2.14. The zero-order valence-corrected chi connectivity index (χ0v) is 11.5. The number of carbonyl (C=O) groups excluding carboxylic acids is 2. The van der Waals surface area contributed by atoms with E-state index in [0.29, 0.717) is 19.4 Å². The fourth-order valence-corrected chi connectivity index (χ4v) is 2.34. The van der Waals surface area contributed by atoms with Gasteiger partial charge in [0.2, 0.25) is 11.8 Å². The molecule has 0 saturated carbocycles. The van der Waals surface area contributed by atoms with E-state index >= 15 is 0 Å². The second kappa shape index (κ2) is 5.97. The summed E-state index contributed by atoms with van der Waals surface area (Å²) in [7, 11) is 0. The van der Waals surface area contributed by atoms with Gasteiger partial charge in [-0.05, 0) is 19.0 Å². The Kier molecular flexibility index (Phi) is 4.32. The van der Waals surface area contributed by atoms with Crippen molar-refractivity contribution >= 4 is 11.8 Å². The molecule has 1 unspecified atom stereocenters. The SMILES string of the molecule is CCNC(CN1C(=O)CCC1=O)c1ccc(C)cc1. The smallest absolute Gasteiger partial charge is 0.229 e. The lowest BCUT2D eigenvalue weighted by Crippen LogP contribution is -2.38. The summed E-state index contributed by atoms with van der Waals surface area (Å²) >= 11 is 0. The highest BCUT2D eigenvalue weighted by Gasteiger charge is 2.30. The lowest BCUT2D eigenvalue weighted by molar-refractivity contribution is -0.138. The Bertz CT molecular complexity index is 452. The Morgan fingerprint density at radius 3 is 2.26 bits per heavy atom. The second-order valence-corrected chi connectivity index (χ2v) is 4.92. The number of nitrogens with zero attached hydrogens (tertiary/aromatic N) is 1. The molecule has 1 aromatic rings. The fourth-order valence-electron chi connectivity index (χ4n) is 2.34. The van der Waals surface area contributed by atoms with Crippen LogP contribution < -0.4 is 5.32 Å². The molecule has 4 heteroatoms. The molecular weight excluding hydrogens is 240 g/mol. The summed E-state index contributed by atoms with van der Waals surface area (Å²) in [5.74, 6) is -0.111. The van der Waals surface area contributed by atoms with E-state index in [0.717, 1.165) is 12.1 Å². The summed E-state index contributed by atoms with van der Waals surface area (Å²) in [6, 6.07) is 8.21. The number of benzene rings is 1. The molecule has 1 fully saturated rings. The highest BCUT2D eigenvalue weighted by molar-refractivity contribution is 6.01. The van der Waals surface area contributed by atoms with Crippen molar-refractivity contribution in [2.24, 2.45) is 0 Å². The van der Waals surface area contributed by atoms with Crippen LogP contribution in [-0.2, 0) is 9.59 Å². The van der Waals surface area contributed by atoms with Gasteiger partial charge in [0.05, 0.1) is 6.04 Å². The first-order chi connectivity index (χ1) is 9.11. The van der Waals surface area contributed by atoms with Crippen molar-refractivity contribution in [1.29, 1.82) is 0 Å². The van der Waals surface area contributed by atoms with Gasteiger partial charge in [-0.25, -0.2) is 0 Å². The van der Waals surface area contributed by atoms with E-state index in [1.807, 2.05) is 38.1 Å². The van der Waals surface area contributed by atoms with Crippen molar-refractivity contribution in [3.8, 4) is 0 Å². The van der Waals surface area contributed by atoms with Crippen molar-refractivity contribution in [3.63, 3.8) is 0 Å². The number of likely N-dealkylation sites (N-methyl/N-ethyl adjacent to an activating group) is 1. The first-order valence-corrected chi connectivity index (χ1v) is 6.75. The maximum absolute atomic E-state index is 11.7. The summed E-state index contributed by atoms with van der Waals surface area (Å²) < 4.78 is 0. The van der Waals surface area contributed by atoms with E-state index in [9.17, 15) is 9.59 Å². The monoisotopic (exact) mass is 260 g/mol. The number of carbonyl (C=O) groups is 2. The van der Waals surface area contributed by atoms with Crippen LogP contribution in [0.2, 0.25) is 0 Å². The highest BCUT2D eigenvalue weighted by Crippen LogP contribution is 2.19. The number of amides is 2. The van der Waals surface area contributed by atoms with E-state index < -0.39 is 0 Å². The number of imide groups is 1. The predicted octanol–water partition coefficient (Wildman–Crippen LogP) is 1.79. The van der Waals surface area contributed by atoms with Gasteiger partial charge in [-0.1, -0.05) is 36.8 Å². The van der Waals surface area contributed by atoms with Gasteiger partial charge in [-0.15, -0.1) is 0 Å². The van der Waals surface area contributed by atoms with Gasteiger partial charge in [-0.3, -0.25) is 14.5 Å². The summed E-state index contributed by atoms with van der Waals surface area (Å²) in [5, 5.41) is 3.34. The Labute approximate surface area is 113 Å². The Hall–Kier alpha value is -1.68. The van der Waals surface area contributed by atoms with Crippen LogP contribution in [0.1, 0.15) is 36.9 Å². The van der Waals surface area contributed by atoms with Gasteiger partial charge >= 0.3 is 0 Å². The number of likely N-dealkylation sites (tertiary alicyclic amines) is 1. The minimum Gasteiger partial charge on any atom is -0.309 e. The largest absolute Gasteiger partial charge is 0.309 e. The number of rotatable bonds is 5. The van der Waals surface area contributed by atoms with Crippen molar-refractivity contribution in [3.05, 3.63) is 35.4 Å². The quantitative estimate of drug-likeness (QED) is 0.821. The number of hydrogen-bond acceptors (Lipinski definition) is 3. The Morgan fingerprint density at radius 1 is 1.16 bits per heavy atom. The van der Waals surface area contributed by atoms with E-state index in [4.69, 9.17) is 0 Å². The average Bonchev–Trinajstić information content (AvgIpc) is 2.71. The third kappa shape index (κ3) is 3.20. The minimum absolute atomic E-state index is 0.0107. The van der Waals surface area contributed by atoms with Gasteiger partial charge < -0.3 is 5.32 Å². The fraction of sp³-hybridized carbons (Fsp3) is 0.467. The first kappa shape index (κ1) is 13.7. The normalized spacial score (nSPS) is 17.1. The molecule has 1 atom stereocenters. The van der Waals surface area contributed by atoms with E-state index in [1.54, 1.807) is 0 Å². The molecule has 1 aliphatic rings. The number of hydrogen-bond donors (Lipinski definition) is 1. The van der Waals surface area contributed by atoms with E-state index in [1.165, 1.54) is 10.5 Å². The molecule has 4 nitrogen and oxygen atoms in total. The predicted molar refractivity (Wildman–Crippen MR) is 73.6 cm³/mol. The molecule has 1 heterocycles. The lowest BCUT2D eigenvalue weighted by Gasteiger charge is -2.23. The standard InChI is InChI=1S/C15H20N2O2/c1-3-16-13(12-6-4-11(2)5-7-12)10-17-14(18)8-9-15(17)19/h4-7,13,16H,3,8-10H2,1-2H3. The molecule has 0 spiro atoms. The van der Waals surface area contributed by atoms with Crippen molar-refractivity contribution in [2.75, 3.05) is 13.1 Å². The molecule has 0 aliphatic carbocycles. The summed E-state index contributed by atoms with van der Waals surface area (Å²) in [5.41, 5.74) is 2.31. The second-order valence-electron chi connectivity index (χ2n) is 4.92. The van der Waals surface area contributed by atoms with Crippen LogP contribution in [-0.4, -0.2) is 29.8 Å².